The normalized spacial score (nSPS) is 19.8. The van der Waals surface area contributed by atoms with Gasteiger partial charge < -0.3 is 9.72 Å². The number of morpholine rings is 1. The average molecular weight is 334 g/mol. The Bertz CT molecular complexity index is 872. The van der Waals surface area contributed by atoms with Crippen molar-refractivity contribution in [1.82, 2.24) is 9.88 Å². The highest BCUT2D eigenvalue weighted by molar-refractivity contribution is 6.10. The Balaban J connectivity index is 1.76. The fourth-order valence-electron chi connectivity index (χ4n) is 3.67. The van der Waals surface area contributed by atoms with Gasteiger partial charge in [0.2, 0.25) is 0 Å². The van der Waals surface area contributed by atoms with Crippen molar-refractivity contribution in [3.63, 3.8) is 0 Å². The lowest BCUT2D eigenvalue weighted by atomic mass is 9.95. The number of para-hydroxylation sites is 1. The molecular formula is C21H22N2O2. The van der Waals surface area contributed by atoms with E-state index in [1.807, 2.05) is 60.8 Å². The number of hydrogen-bond donors (Lipinski definition) is 1. The number of ether oxygens (including phenoxy) is 1. The van der Waals surface area contributed by atoms with Crippen LogP contribution in [-0.2, 0) is 4.74 Å². The summed E-state index contributed by atoms with van der Waals surface area (Å²) in [6, 6.07) is 17.7. The molecule has 0 amide bonds. The van der Waals surface area contributed by atoms with Crippen LogP contribution >= 0.6 is 0 Å². The van der Waals surface area contributed by atoms with Crippen LogP contribution in [0.1, 0.15) is 28.9 Å². The molecule has 2 aromatic carbocycles. The molecular weight excluding hydrogens is 312 g/mol. The van der Waals surface area contributed by atoms with Crippen LogP contribution in [0.4, 0.5) is 0 Å². The summed E-state index contributed by atoms with van der Waals surface area (Å²) in [5, 5.41) is 0.981. The van der Waals surface area contributed by atoms with Crippen molar-refractivity contribution in [2.24, 2.45) is 0 Å². The third kappa shape index (κ3) is 3.11. The summed E-state index contributed by atoms with van der Waals surface area (Å²) >= 11 is 0. The molecule has 4 heteroatoms. The van der Waals surface area contributed by atoms with Gasteiger partial charge in [-0.05, 0) is 18.6 Å². The third-order valence-electron chi connectivity index (χ3n) is 4.86. The van der Waals surface area contributed by atoms with Gasteiger partial charge in [-0.3, -0.25) is 9.69 Å². The zero-order valence-corrected chi connectivity index (χ0v) is 14.3. The van der Waals surface area contributed by atoms with Crippen molar-refractivity contribution in [3.8, 4) is 0 Å². The van der Waals surface area contributed by atoms with E-state index in [1.54, 1.807) is 0 Å². The molecule has 2 unspecified atom stereocenters. The van der Waals surface area contributed by atoms with E-state index in [0.717, 1.165) is 35.1 Å². The highest BCUT2D eigenvalue weighted by Gasteiger charge is 2.32. The third-order valence-corrected chi connectivity index (χ3v) is 4.86. The molecule has 128 valence electrons. The van der Waals surface area contributed by atoms with E-state index < -0.39 is 0 Å². The van der Waals surface area contributed by atoms with Gasteiger partial charge in [0.05, 0.1) is 18.8 Å². The van der Waals surface area contributed by atoms with Crippen molar-refractivity contribution >= 4 is 16.7 Å². The first-order valence-electron chi connectivity index (χ1n) is 8.75. The number of rotatable bonds is 4. The van der Waals surface area contributed by atoms with Crippen LogP contribution in [0, 0.1) is 0 Å². The number of nitrogens with zero attached hydrogens (tertiary/aromatic N) is 1. The average Bonchev–Trinajstić information content (AvgIpc) is 3.07. The Morgan fingerprint density at radius 3 is 2.72 bits per heavy atom. The second-order valence-electron chi connectivity index (χ2n) is 6.60. The lowest BCUT2D eigenvalue weighted by molar-refractivity contribution is -0.0305. The van der Waals surface area contributed by atoms with Crippen LogP contribution in [0.25, 0.3) is 10.9 Å². The largest absolute Gasteiger partial charge is 0.376 e. The zero-order chi connectivity index (χ0) is 17.2. The quantitative estimate of drug-likeness (QED) is 0.738. The number of ketones is 1. The van der Waals surface area contributed by atoms with Gasteiger partial charge in [-0.15, -0.1) is 0 Å². The first kappa shape index (κ1) is 16.1. The Labute approximate surface area is 147 Å². The SMILES string of the molecule is CC1CN(C(C(=O)c2c[nH]c3ccccc23)c2ccccc2)CCO1. The second kappa shape index (κ2) is 6.82. The zero-order valence-electron chi connectivity index (χ0n) is 14.3. The Kier molecular flexibility index (Phi) is 4.38. The Hall–Kier alpha value is -2.43. The van der Waals surface area contributed by atoms with E-state index in [1.165, 1.54) is 0 Å². The fraction of sp³-hybridized carbons (Fsp3) is 0.286. The van der Waals surface area contributed by atoms with E-state index in [2.05, 4.69) is 16.8 Å². The first-order valence-corrected chi connectivity index (χ1v) is 8.75. The molecule has 1 aromatic heterocycles. The number of benzene rings is 2. The standard InChI is InChI=1S/C21H22N2O2/c1-15-14-23(11-12-25-15)20(16-7-3-2-4-8-16)21(24)18-13-22-19-10-6-5-9-17(18)19/h2-10,13,15,20,22H,11-12,14H2,1H3. The lowest BCUT2D eigenvalue weighted by Crippen LogP contribution is -2.45. The molecule has 1 aliphatic rings. The molecule has 2 heterocycles. The minimum absolute atomic E-state index is 0.135. The molecule has 3 aromatic rings. The number of fused-ring (bicyclic) bond motifs is 1. The lowest BCUT2D eigenvalue weighted by Gasteiger charge is -2.36. The molecule has 4 rings (SSSR count). The van der Waals surface area contributed by atoms with E-state index in [9.17, 15) is 4.79 Å². The molecule has 0 aliphatic carbocycles. The second-order valence-corrected chi connectivity index (χ2v) is 6.60. The van der Waals surface area contributed by atoms with Gasteiger partial charge in [0.15, 0.2) is 5.78 Å². The maximum atomic E-state index is 13.5. The van der Waals surface area contributed by atoms with E-state index >= 15 is 0 Å². The van der Waals surface area contributed by atoms with E-state index in [4.69, 9.17) is 4.74 Å². The van der Waals surface area contributed by atoms with Crippen LogP contribution in [-0.4, -0.2) is 41.5 Å². The summed E-state index contributed by atoms with van der Waals surface area (Å²) in [4.78, 5) is 19.0. The summed E-state index contributed by atoms with van der Waals surface area (Å²) < 4.78 is 5.68. The Morgan fingerprint density at radius 2 is 1.92 bits per heavy atom. The highest BCUT2D eigenvalue weighted by Crippen LogP contribution is 2.30. The minimum atomic E-state index is -0.285. The van der Waals surface area contributed by atoms with Gasteiger partial charge in [0, 0.05) is 35.8 Å². The summed E-state index contributed by atoms with van der Waals surface area (Å²) in [6.45, 7) is 4.24. The predicted octanol–water partition coefficient (Wildman–Crippen LogP) is 3.81. The fourth-order valence-corrected chi connectivity index (χ4v) is 3.67. The molecule has 1 N–H and O–H groups in total. The molecule has 1 saturated heterocycles. The maximum absolute atomic E-state index is 13.5. The van der Waals surface area contributed by atoms with Crippen LogP contribution in [0.2, 0.25) is 0 Å². The van der Waals surface area contributed by atoms with Gasteiger partial charge in [-0.25, -0.2) is 0 Å². The van der Waals surface area contributed by atoms with Crippen molar-refractivity contribution in [2.75, 3.05) is 19.7 Å². The molecule has 0 bridgehead atoms. The maximum Gasteiger partial charge on any atom is 0.186 e. The molecule has 4 nitrogen and oxygen atoms in total. The summed E-state index contributed by atoms with van der Waals surface area (Å²) in [5.41, 5.74) is 2.78. The molecule has 25 heavy (non-hydrogen) atoms. The highest BCUT2D eigenvalue weighted by atomic mass is 16.5. The topological polar surface area (TPSA) is 45.3 Å². The summed E-state index contributed by atoms with van der Waals surface area (Å²) in [5.74, 6) is 0.137. The summed E-state index contributed by atoms with van der Waals surface area (Å²) in [7, 11) is 0. The number of hydrogen-bond acceptors (Lipinski definition) is 3. The molecule has 1 aliphatic heterocycles. The number of H-pyrrole nitrogens is 1. The summed E-state index contributed by atoms with van der Waals surface area (Å²) in [6.07, 6.45) is 1.98. The minimum Gasteiger partial charge on any atom is -0.376 e. The monoisotopic (exact) mass is 334 g/mol. The molecule has 0 spiro atoms. The Morgan fingerprint density at radius 1 is 1.16 bits per heavy atom. The van der Waals surface area contributed by atoms with Crippen molar-refractivity contribution in [1.29, 1.82) is 0 Å². The van der Waals surface area contributed by atoms with Crippen LogP contribution in [0.15, 0.2) is 60.8 Å². The van der Waals surface area contributed by atoms with Crippen LogP contribution in [0.3, 0.4) is 0 Å². The van der Waals surface area contributed by atoms with Crippen molar-refractivity contribution < 1.29 is 9.53 Å². The smallest absolute Gasteiger partial charge is 0.186 e. The van der Waals surface area contributed by atoms with Crippen molar-refractivity contribution in [3.05, 3.63) is 71.9 Å². The van der Waals surface area contributed by atoms with Gasteiger partial charge in [0.1, 0.15) is 0 Å². The van der Waals surface area contributed by atoms with Crippen molar-refractivity contribution in [2.45, 2.75) is 19.1 Å². The van der Waals surface area contributed by atoms with Gasteiger partial charge >= 0.3 is 0 Å². The van der Waals surface area contributed by atoms with Gasteiger partial charge in [0.25, 0.3) is 0 Å². The predicted molar refractivity (Wildman–Crippen MR) is 98.8 cm³/mol. The first-order chi connectivity index (χ1) is 12.2. The van der Waals surface area contributed by atoms with Crippen LogP contribution < -0.4 is 0 Å². The number of carbonyl (C=O) groups excluding carboxylic acids is 1. The number of aromatic amines is 1. The number of aromatic nitrogens is 1. The van der Waals surface area contributed by atoms with Crippen LogP contribution in [0.5, 0.6) is 0 Å². The van der Waals surface area contributed by atoms with E-state index in [0.29, 0.717) is 6.61 Å². The number of Topliss-reactive ketones (excluding diaryl/α,β-unsaturated/α-hetero) is 1. The number of carbonyl (C=O) groups is 1. The van der Waals surface area contributed by atoms with Gasteiger partial charge in [-0.2, -0.15) is 0 Å². The molecule has 0 radical (unpaired) electrons. The number of nitrogens with one attached hydrogen (secondary N) is 1. The molecule has 0 saturated carbocycles. The molecule has 2 atom stereocenters. The van der Waals surface area contributed by atoms with E-state index in [-0.39, 0.29) is 17.9 Å². The van der Waals surface area contributed by atoms with Gasteiger partial charge in [-0.1, -0.05) is 48.5 Å². The molecule has 1 fully saturated rings.